The Labute approximate surface area is 90.0 Å². The van der Waals surface area contributed by atoms with E-state index in [1.807, 2.05) is 6.92 Å². The predicted octanol–water partition coefficient (Wildman–Crippen LogP) is 3.75. The molecule has 1 unspecified atom stereocenters. The third-order valence-electron chi connectivity index (χ3n) is 2.81. The van der Waals surface area contributed by atoms with Gasteiger partial charge in [0.25, 0.3) is 0 Å². The second kappa shape index (κ2) is 3.16. The average Bonchev–Trinajstić information content (AvgIpc) is 2.11. The molecular weight excluding hydrogens is 196 g/mol. The van der Waals surface area contributed by atoms with Gasteiger partial charge in [-0.3, -0.25) is 0 Å². The molecule has 0 saturated heterocycles. The molecule has 0 aromatic heterocycles. The van der Waals surface area contributed by atoms with E-state index >= 15 is 0 Å². The van der Waals surface area contributed by atoms with Crippen LogP contribution in [0.25, 0.3) is 0 Å². The molecule has 0 radical (unpaired) electrons. The van der Waals surface area contributed by atoms with E-state index in [-0.39, 0.29) is 0 Å². The van der Waals surface area contributed by atoms with Gasteiger partial charge < -0.3 is 4.74 Å². The van der Waals surface area contributed by atoms with Crippen LogP contribution in [0.3, 0.4) is 0 Å². The summed E-state index contributed by atoms with van der Waals surface area (Å²) >= 11 is 6.11. The summed E-state index contributed by atoms with van der Waals surface area (Å²) in [5, 5.41) is -0.592. The third-order valence-corrected chi connectivity index (χ3v) is 3.09. The van der Waals surface area contributed by atoms with Gasteiger partial charge in [-0.05, 0) is 37.5 Å². The van der Waals surface area contributed by atoms with Crippen LogP contribution >= 0.6 is 11.6 Å². The van der Waals surface area contributed by atoms with E-state index in [2.05, 4.69) is 26.0 Å². The normalized spacial score (nSPS) is 23.7. The van der Waals surface area contributed by atoms with Crippen LogP contribution in [0, 0.1) is 6.92 Å². The van der Waals surface area contributed by atoms with Crippen molar-refractivity contribution in [3.05, 3.63) is 28.8 Å². The largest absolute Gasteiger partial charge is 0.467 e. The van der Waals surface area contributed by atoms with Crippen molar-refractivity contribution in [3.63, 3.8) is 0 Å². The van der Waals surface area contributed by atoms with Crippen molar-refractivity contribution in [3.8, 4) is 5.75 Å². The van der Waals surface area contributed by atoms with E-state index in [1.165, 1.54) is 11.1 Å². The molecule has 1 nitrogen and oxygen atoms in total. The van der Waals surface area contributed by atoms with Crippen LogP contribution in [-0.2, 0) is 11.5 Å². The maximum Gasteiger partial charge on any atom is 0.208 e. The van der Waals surface area contributed by atoms with Crippen molar-refractivity contribution >= 4 is 11.6 Å². The van der Waals surface area contributed by atoms with E-state index in [1.54, 1.807) is 0 Å². The Kier molecular flexibility index (Phi) is 2.23. The zero-order chi connectivity index (χ0) is 10.3. The first-order chi connectivity index (χ1) is 6.56. The SMILES string of the molecule is CCCc1ccc2c(c1C)OC2(C)Cl. The zero-order valence-corrected chi connectivity index (χ0v) is 9.61. The van der Waals surface area contributed by atoms with Gasteiger partial charge in [0.05, 0.1) is 5.56 Å². The van der Waals surface area contributed by atoms with Crippen molar-refractivity contribution in [2.24, 2.45) is 0 Å². The fraction of sp³-hybridized carbons (Fsp3) is 0.500. The standard InChI is InChI=1S/C12H15ClO/c1-4-5-9-6-7-10-11(8(9)2)14-12(10,3)13/h6-7H,4-5H2,1-3H3. The van der Waals surface area contributed by atoms with Gasteiger partial charge in [0.2, 0.25) is 5.06 Å². The van der Waals surface area contributed by atoms with E-state index in [0.717, 1.165) is 24.2 Å². The molecule has 1 aliphatic rings. The van der Waals surface area contributed by atoms with E-state index in [9.17, 15) is 0 Å². The summed E-state index contributed by atoms with van der Waals surface area (Å²) in [6, 6.07) is 4.25. The van der Waals surface area contributed by atoms with Gasteiger partial charge in [0.15, 0.2) is 0 Å². The van der Waals surface area contributed by atoms with Gasteiger partial charge in [0.1, 0.15) is 5.75 Å². The number of hydrogen-bond acceptors (Lipinski definition) is 1. The highest BCUT2D eigenvalue weighted by molar-refractivity contribution is 6.24. The molecule has 2 heteroatoms. The Balaban J connectivity index is 2.41. The van der Waals surface area contributed by atoms with Gasteiger partial charge in [-0.15, -0.1) is 0 Å². The van der Waals surface area contributed by atoms with Crippen LogP contribution in [0.1, 0.15) is 37.0 Å². The number of benzene rings is 1. The first kappa shape index (κ1) is 9.85. The molecule has 0 amide bonds. The van der Waals surface area contributed by atoms with Gasteiger partial charge in [0, 0.05) is 0 Å². The van der Waals surface area contributed by atoms with Crippen LogP contribution in [0.2, 0.25) is 0 Å². The summed E-state index contributed by atoms with van der Waals surface area (Å²) in [6.45, 7) is 6.18. The smallest absolute Gasteiger partial charge is 0.208 e. The number of ether oxygens (including phenoxy) is 1. The van der Waals surface area contributed by atoms with Crippen molar-refractivity contribution in [1.82, 2.24) is 0 Å². The molecule has 1 atom stereocenters. The molecule has 0 saturated carbocycles. The third kappa shape index (κ3) is 1.31. The highest BCUT2D eigenvalue weighted by atomic mass is 35.5. The van der Waals surface area contributed by atoms with Crippen LogP contribution in [0.4, 0.5) is 0 Å². The molecule has 14 heavy (non-hydrogen) atoms. The lowest BCUT2D eigenvalue weighted by Crippen LogP contribution is -2.33. The maximum absolute atomic E-state index is 6.11. The molecule has 0 N–H and O–H groups in total. The van der Waals surface area contributed by atoms with Crippen molar-refractivity contribution < 1.29 is 4.74 Å². The first-order valence-corrected chi connectivity index (χ1v) is 5.45. The zero-order valence-electron chi connectivity index (χ0n) is 8.86. The summed E-state index contributed by atoms with van der Waals surface area (Å²) in [4.78, 5) is 0. The van der Waals surface area contributed by atoms with Crippen molar-refractivity contribution in [1.29, 1.82) is 0 Å². The Hall–Kier alpha value is -0.690. The summed E-state index contributed by atoms with van der Waals surface area (Å²) in [5.41, 5.74) is 3.75. The number of halogens is 1. The first-order valence-electron chi connectivity index (χ1n) is 5.07. The molecule has 0 fully saturated rings. The molecule has 1 aliphatic heterocycles. The van der Waals surface area contributed by atoms with Gasteiger partial charge in [-0.25, -0.2) is 0 Å². The lowest BCUT2D eigenvalue weighted by molar-refractivity contribution is 0.117. The Bertz CT molecular complexity index is 369. The highest BCUT2D eigenvalue weighted by Crippen LogP contribution is 2.49. The quantitative estimate of drug-likeness (QED) is 0.676. The topological polar surface area (TPSA) is 9.23 Å². The highest BCUT2D eigenvalue weighted by Gasteiger charge is 2.40. The van der Waals surface area contributed by atoms with Crippen LogP contribution in [-0.4, -0.2) is 0 Å². The minimum atomic E-state index is -0.592. The monoisotopic (exact) mass is 210 g/mol. The van der Waals surface area contributed by atoms with Crippen molar-refractivity contribution in [2.45, 2.75) is 38.7 Å². The van der Waals surface area contributed by atoms with Gasteiger partial charge >= 0.3 is 0 Å². The van der Waals surface area contributed by atoms with E-state index in [4.69, 9.17) is 16.3 Å². The Morgan fingerprint density at radius 3 is 2.71 bits per heavy atom. The van der Waals surface area contributed by atoms with Crippen LogP contribution < -0.4 is 4.74 Å². The number of alkyl halides is 1. The number of fused-ring (bicyclic) bond motifs is 1. The molecule has 1 aromatic rings. The van der Waals surface area contributed by atoms with Gasteiger partial charge in [-0.2, -0.15) is 0 Å². The van der Waals surface area contributed by atoms with E-state index in [0.29, 0.717) is 0 Å². The fourth-order valence-electron chi connectivity index (χ4n) is 1.96. The lowest BCUT2D eigenvalue weighted by Gasteiger charge is -2.37. The maximum atomic E-state index is 6.11. The second-order valence-corrected chi connectivity index (χ2v) is 4.72. The lowest BCUT2D eigenvalue weighted by atomic mass is 9.94. The summed E-state index contributed by atoms with van der Waals surface area (Å²) in [7, 11) is 0. The van der Waals surface area contributed by atoms with Crippen LogP contribution in [0.15, 0.2) is 12.1 Å². The predicted molar refractivity (Wildman–Crippen MR) is 59.0 cm³/mol. The van der Waals surface area contributed by atoms with Crippen LogP contribution in [0.5, 0.6) is 5.75 Å². The molecule has 1 heterocycles. The van der Waals surface area contributed by atoms with Crippen molar-refractivity contribution in [2.75, 3.05) is 0 Å². The Morgan fingerprint density at radius 2 is 2.14 bits per heavy atom. The molecular formula is C12H15ClO. The molecule has 2 rings (SSSR count). The van der Waals surface area contributed by atoms with Gasteiger partial charge in [-0.1, -0.05) is 31.0 Å². The Morgan fingerprint density at radius 1 is 1.43 bits per heavy atom. The molecule has 0 aliphatic carbocycles. The fourth-order valence-corrected chi connectivity index (χ4v) is 2.18. The van der Waals surface area contributed by atoms with E-state index < -0.39 is 5.06 Å². The number of rotatable bonds is 2. The molecule has 0 spiro atoms. The number of hydrogen-bond donors (Lipinski definition) is 0. The molecule has 1 aromatic carbocycles. The summed E-state index contributed by atoms with van der Waals surface area (Å²) in [5.74, 6) is 0.994. The molecule has 0 bridgehead atoms. The summed E-state index contributed by atoms with van der Waals surface area (Å²) in [6.07, 6.45) is 2.28. The minimum Gasteiger partial charge on any atom is -0.467 e. The summed E-state index contributed by atoms with van der Waals surface area (Å²) < 4.78 is 5.56. The molecule has 76 valence electrons. The average molecular weight is 211 g/mol. The number of aryl methyl sites for hydroxylation is 1. The second-order valence-electron chi connectivity index (χ2n) is 4.00. The minimum absolute atomic E-state index is 0.592.